The lowest BCUT2D eigenvalue weighted by Gasteiger charge is -2.11. The Balaban J connectivity index is 2.16. The van der Waals surface area contributed by atoms with Crippen LogP contribution in [0.3, 0.4) is 0 Å². The number of aromatic nitrogens is 2. The smallest absolute Gasteiger partial charge is 0.243 e. The molecule has 2 rings (SSSR count). The molecule has 0 bridgehead atoms. The van der Waals surface area contributed by atoms with Gasteiger partial charge in [-0.3, -0.25) is 0 Å². The van der Waals surface area contributed by atoms with E-state index in [4.69, 9.17) is 0 Å². The summed E-state index contributed by atoms with van der Waals surface area (Å²) in [6.07, 6.45) is 1.54. The quantitative estimate of drug-likeness (QED) is 0.897. The van der Waals surface area contributed by atoms with Gasteiger partial charge in [0.05, 0.1) is 12.2 Å². The fraction of sp³-hybridized carbons (Fsp3) is 0.231. The van der Waals surface area contributed by atoms with E-state index in [-0.39, 0.29) is 11.4 Å². The van der Waals surface area contributed by atoms with Crippen molar-refractivity contribution >= 4 is 16.0 Å². The van der Waals surface area contributed by atoms with Crippen LogP contribution < -0.4 is 9.62 Å². The van der Waals surface area contributed by atoms with Crippen LogP contribution in [0.5, 0.6) is 0 Å². The third-order valence-corrected chi connectivity index (χ3v) is 4.10. The number of hydrogen-bond acceptors (Lipinski definition) is 5. The van der Waals surface area contributed by atoms with Gasteiger partial charge < -0.3 is 4.90 Å². The summed E-state index contributed by atoms with van der Waals surface area (Å²) >= 11 is 0. The van der Waals surface area contributed by atoms with Gasteiger partial charge in [-0.15, -0.1) is 0 Å². The minimum absolute atomic E-state index is 0.0416. The molecule has 0 fully saturated rings. The van der Waals surface area contributed by atoms with Crippen LogP contribution in [0.25, 0.3) is 0 Å². The summed E-state index contributed by atoms with van der Waals surface area (Å²) in [6.45, 7) is -0.0416. The van der Waals surface area contributed by atoms with Gasteiger partial charge in [0.1, 0.15) is 10.7 Å². The van der Waals surface area contributed by atoms with Crippen LogP contribution in [-0.2, 0) is 16.6 Å². The van der Waals surface area contributed by atoms with Crippen LogP contribution >= 0.6 is 0 Å². The zero-order chi connectivity index (χ0) is 15.5. The van der Waals surface area contributed by atoms with E-state index in [0.717, 1.165) is 6.07 Å². The number of sulfonamides is 1. The molecule has 0 amide bonds. The number of anilines is 1. The summed E-state index contributed by atoms with van der Waals surface area (Å²) in [4.78, 5) is 9.54. The van der Waals surface area contributed by atoms with Crippen molar-refractivity contribution in [2.45, 2.75) is 11.4 Å². The highest BCUT2D eigenvalue weighted by molar-refractivity contribution is 7.89. The minimum Gasteiger partial charge on any atom is -0.347 e. The standard InChI is InChI=1S/C13H15FN4O2S/c1-18(2)13-15-8-7-10(17-13)9-16-21(19,20)12-6-4-3-5-11(12)14/h3-8,16H,9H2,1-2H3. The number of halogens is 1. The van der Waals surface area contributed by atoms with Crippen molar-refractivity contribution in [3.8, 4) is 0 Å². The van der Waals surface area contributed by atoms with Crippen molar-refractivity contribution in [1.82, 2.24) is 14.7 Å². The Hall–Kier alpha value is -2.06. The molecule has 0 saturated carbocycles. The Kier molecular flexibility index (Phi) is 4.49. The average molecular weight is 310 g/mol. The van der Waals surface area contributed by atoms with Gasteiger partial charge in [0.2, 0.25) is 16.0 Å². The maximum atomic E-state index is 13.5. The van der Waals surface area contributed by atoms with Crippen LogP contribution in [-0.4, -0.2) is 32.5 Å². The summed E-state index contributed by atoms with van der Waals surface area (Å²) in [7, 11) is -0.360. The Morgan fingerprint density at radius 1 is 1.24 bits per heavy atom. The number of benzene rings is 1. The highest BCUT2D eigenvalue weighted by atomic mass is 32.2. The van der Waals surface area contributed by atoms with Gasteiger partial charge in [-0.2, -0.15) is 0 Å². The molecule has 0 saturated heterocycles. The lowest BCUT2D eigenvalue weighted by molar-refractivity contribution is 0.556. The minimum atomic E-state index is -3.92. The molecule has 0 atom stereocenters. The second-order valence-electron chi connectivity index (χ2n) is 4.50. The van der Waals surface area contributed by atoms with Crippen molar-refractivity contribution in [1.29, 1.82) is 0 Å². The summed E-state index contributed by atoms with van der Waals surface area (Å²) in [5.74, 6) is -0.320. The van der Waals surface area contributed by atoms with Gasteiger partial charge in [-0.05, 0) is 18.2 Å². The fourth-order valence-electron chi connectivity index (χ4n) is 1.61. The van der Waals surface area contributed by atoms with E-state index in [0.29, 0.717) is 11.6 Å². The molecule has 0 radical (unpaired) electrons. The zero-order valence-electron chi connectivity index (χ0n) is 11.6. The van der Waals surface area contributed by atoms with Gasteiger partial charge in [0.15, 0.2) is 0 Å². The van der Waals surface area contributed by atoms with E-state index in [9.17, 15) is 12.8 Å². The second kappa shape index (κ2) is 6.15. The summed E-state index contributed by atoms with van der Waals surface area (Å²) in [6, 6.07) is 6.80. The number of nitrogens with zero attached hydrogens (tertiary/aromatic N) is 3. The molecule has 0 spiro atoms. The summed E-state index contributed by atoms with van der Waals surface area (Å²) in [5, 5.41) is 0. The lowest BCUT2D eigenvalue weighted by Crippen LogP contribution is -2.25. The Labute approximate surface area is 122 Å². The predicted octanol–water partition coefficient (Wildman–Crippen LogP) is 1.16. The van der Waals surface area contributed by atoms with E-state index < -0.39 is 15.8 Å². The molecule has 21 heavy (non-hydrogen) atoms. The molecule has 1 N–H and O–H groups in total. The van der Waals surface area contributed by atoms with Crippen molar-refractivity contribution in [3.05, 3.63) is 48.0 Å². The Morgan fingerprint density at radius 2 is 1.95 bits per heavy atom. The van der Waals surface area contributed by atoms with E-state index in [1.807, 2.05) is 0 Å². The van der Waals surface area contributed by atoms with Gasteiger partial charge in [-0.25, -0.2) is 27.5 Å². The molecular formula is C13H15FN4O2S. The number of rotatable bonds is 5. The van der Waals surface area contributed by atoms with E-state index in [1.165, 1.54) is 24.4 Å². The first-order valence-electron chi connectivity index (χ1n) is 6.13. The molecular weight excluding hydrogens is 295 g/mol. The molecule has 1 aromatic carbocycles. The summed E-state index contributed by atoms with van der Waals surface area (Å²) < 4.78 is 39.9. The SMILES string of the molecule is CN(C)c1nccc(CNS(=O)(=O)c2ccccc2F)n1. The molecule has 8 heteroatoms. The van der Waals surface area contributed by atoms with Crippen molar-refractivity contribution < 1.29 is 12.8 Å². The van der Waals surface area contributed by atoms with Gasteiger partial charge in [0, 0.05) is 20.3 Å². The van der Waals surface area contributed by atoms with Crippen molar-refractivity contribution in [2.24, 2.45) is 0 Å². The van der Waals surface area contributed by atoms with E-state index in [2.05, 4.69) is 14.7 Å². The third kappa shape index (κ3) is 3.73. The first kappa shape index (κ1) is 15.3. The number of hydrogen-bond donors (Lipinski definition) is 1. The Morgan fingerprint density at radius 3 is 2.62 bits per heavy atom. The topological polar surface area (TPSA) is 75.2 Å². The molecule has 0 aliphatic heterocycles. The van der Waals surface area contributed by atoms with Crippen LogP contribution in [0.2, 0.25) is 0 Å². The molecule has 2 aromatic rings. The average Bonchev–Trinajstić information content (AvgIpc) is 2.46. The largest absolute Gasteiger partial charge is 0.347 e. The molecule has 0 aliphatic rings. The van der Waals surface area contributed by atoms with Gasteiger partial charge in [-0.1, -0.05) is 12.1 Å². The molecule has 1 heterocycles. The first-order valence-corrected chi connectivity index (χ1v) is 7.62. The van der Waals surface area contributed by atoms with Crippen LogP contribution in [0, 0.1) is 5.82 Å². The molecule has 1 aromatic heterocycles. The van der Waals surface area contributed by atoms with Crippen molar-refractivity contribution in [2.75, 3.05) is 19.0 Å². The maximum Gasteiger partial charge on any atom is 0.243 e. The summed E-state index contributed by atoms with van der Waals surface area (Å²) in [5.41, 5.74) is 0.494. The fourth-order valence-corrected chi connectivity index (χ4v) is 2.68. The lowest BCUT2D eigenvalue weighted by atomic mass is 10.4. The van der Waals surface area contributed by atoms with Crippen LogP contribution in [0.4, 0.5) is 10.3 Å². The van der Waals surface area contributed by atoms with E-state index in [1.54, 1.807) is 25.1 Å². The molecule has 0 unspecified atom stereocenters. The molecule has 6 nitrogen and oxygen atoms in total. The monoisotopic (exact) mass is 310 g/mol. The normalized spacial score (nSPS) is 11.4. The van der Waals surface area contributed by atoms with Gasteiger partial charge in [0.25, 0.3) is 0 Å². The van der Waals surface area contributed by atoms with E-state index >= 15 is 0 Å². The first-order chi connectivity index (χ1) is 9.90. The zero-order valence-corrected chi connectivity index (χ0v) is 12.4. The Bertz CT molecular complexity index is 734. The highest BCUT2D eigenvalue weighted by Crippen LogP contribution is 2.13. The third-order valence-electron chi connectivity index (χ3n) is 2.67. The molecule has 0 aliphatic carbocycles. The second-order valence-corrected chi connectivity index (χ2v) is 6.23. The van der Waals surface area contributed by atoms with Gasteiger partial charge >= 0.3 is 0 Å². The maximum absolute atomic E-state index is 13.5. The number of nitrogens with one attached hydrogen (secondary N) is 1. The predicted molar refractivity (Wildman–Crippen MR) is 76.8 cm³/mol. The highest BCUT2D eigenvalue weighted by Gasteiger charge is 2.18. The van der Waals surface area contributed by atoms with Crippen LogP contribution in [0.1, 0.15) is 5.69 Å². The molecule has 112 valence electrons. The van der Waals surface area contributed by atoms with Crippen LogP contribution in [0.15, 0.2) is 41.4 Å². The van der Waals surface area contributed by atoms with Crippen molar-refractivity contribution in [3.63, 3.8) is 0 Å².